The lowest BCUT2D eigenvalue weighted by Gasteiger charge is -2.10. The number of nitrogens with two attached hydrogens (primary N) is 2. The first-order valence-corrected chi connectivity index (χ1v) is 21.5. The third-order valence-corrected chi connectivity index (χ3v) is 11.8. The van der Waals surface area contributed by atoms with Crippen molar-refractivity contribution in [2.75, 3.05) is 11.5 Å². The van der Waals surface area contributed by atoms with Gasteiger partial charge in [-0.05, 0) is 94.7 Å². The topological polar surface area (TPSA) is 359 Å². The first kappa shape index (κ1) is 41.3. The molecule has 0 unspecified atom stereocenters. The van der Waals surface area contributed by atoms with E-state index >= 15 is 0 Å². The highest BCUT2D eigenvalue weighted by Gasteiger charge is 2.24. The van der Waals surface area contributed by atoms with Crippen LogP contribution in [0.2, 0.25) is 0 Å². The Kier molecular flexibility index (Phi) is 10.6. The minimum atomic E-state index is -5.06. The molecule has 0 heterocycles. The summed E-state index contributed by atoms with van der Waals surface area (Å²) >= 11 is 0. The Labute approximate surface area is 328 Å². The Morgan fingerprint density at radius 3 is 1.10 bits per heavy atom. The van der Waals surface area contributed by atoms with Gasteiger partial charge < -0.3 is 21.7 Å². The van der Waals surface area contributed by atoms with Crippen LogP contribution in [-0.4, -0.2) is 62.1 Å². The molecule has 300 valence electrons. The summed E-state index contributed by atoms with van der Waals surface area (Å²) in [5.74, 6) is -1.43. The fraction of sp³-hybridized carbons (Fsp3) is 0. The summed E-state index contributed by atoms with van der Waals surface area (Å²) in [4.78, 5) is -3.33. The molecule has 0 saturated heterocycles. The number of aromatic hydroxyl groups is 2. The van der Waals surface area contributed by atoms with Crippen molar-refractivity contribution in [1.29, 1.82) is 0 Å². The van der Waals surface area contributed by atoms with Crippen molar-refractivity contribution in [2.45, 2.75) is 19.6 Å². The number of hydrogen-bond acceptors (Lipinski definition) is 16. The molecule has 0 aromatic heterocycles. The Morgan fingerprint density at radius 2 is 0.776 bits per heavy atom. The summed E-state index contributed by atoms with van der Waals surface area (Å²) in [5.41, 5.74) is 9.33. The normalized spacial score (nSPS) is 13.1. The average molecular weight is 871 g/mol. The van der Waals surface area contributed by atoms with Gasteiger partial charge in [0.2, 0.25) is 0 Å². The van der Waals surface area contributed by atoms with Crippen LogP contribution in [0.5, 0.6) is 11.5 Å². The lowest BCUT2D eigenvalue weighted by Crippen LogP contribution is -2.01. The van der Waals surface area contributed by atoms with Crippen LogP contribution in [-0.2, 0) is 40.5 Å². The van der Waals surface area contributed by atoms with Gasteiger partial charge in [-0.15, -0.1) is 10.2 Å². The maximum Gasteiger partial charge on any atom is 0.296 e. The van der Waals surface area contributed by atoms with Gasteiger partial charge in [-0.2, -0.15) is 43.9 Å². The van der Waals surface area contributed by atoms with Crippen LogP contribution in [0.15, 0.2) is 125 Å². The number of phenolic OH excluding ortho intramolecular Hbond substituents is 2. The molecular formula is C34H26N6O14S4. The fourth-order valence-corrected chi connectivity index (χ4v) is 8.34. The van der Waals surface area contributed by atoms with Crippen molar-refractivity contribution in [3.8, 4) is 11.5 Å². The summed E-state index contributed by atoms with van der Waals surface area (Å²) in [6, 6.07) is 16.2. The third-order valence-electron chi connectivity index (χ3n) is 8.23. The summed E-state index contributed by atoms with van der Waals surface area (Å²) in [6.45, 7) is 0. The highest BCUT2D eigenvalue weighted by Crippen LogP contribution is 2.43. The number of fused-ring (bicyclic) bond motifs is 2. The number of anilines is 2. The molecule has 24 heteroatoms. The Balaban J connectivity index is 1.37. The maximum atomic E-state index is 12.4. The van der Waals surface area contributed by atoms with E-state index in [1.54, 1.807) is 0 Å². The molecule has 0 saturated carbocycles. The summed E-state index contributed by atoms with van der Waals surface area (Å²) in [6.07, 6.45) is 2.07. The van der Waals surface area contributed by atoms with Gasteiger partial charge in [-0.25, -0.2) is 0 Å². The zero-order valence-electron chi connectivity index (χ0n) is 28.8. The second kappa shape index (κ2) is 14.8. The molecule has 0 fully saturated rings. The van der Waals surface area contributed by atoms with Crippen LogP contribution in [0.4, 0.5) is 34.1 Å². The molecule has 0 radical (unpaired) electrons. The van der Waals surface area contributed by atoms with Crippen molar-refractivity contribution >= 4 is 108 Å². The molecule has 20 nitrogen and oxygen atoms in total. The fourth-order valence-electron chi connectivity index (χ4n) is 5.61. The molecule has 58 heavy (non-hydrogen) atoms. The molecule has 6 rings (SSSR count). The maximum absolute atomic E-state index is 12.4. The molecule has 0 aliphatic carbocycles. The Hall–Kier alpha value is -6.38. The van der Waals surface area contributed by atoms with Gasteiger partial charge in [0, 0.05) is 22.1 Å². The van der Waals surface area contributed by atoms with Gasteiger partial charge in [0.15, 0.2) is 11.5 Å². The molecule has 6 aromatic carbocycles. The third kappa shape index (κ3) is 8.62. The van der Waals surface area contributed by atoms with E-state index in [0.29, 0.717) is 0 Å². The average Bonchev–Trinajstić information content (AvgIpc) is 3.11. The number of hydrogen-bond donors (Lipinski definition) is 8. The zero-order valence-corrected chi connectivity index (χ0v) is 32.0. The number of phenols is 2. The van der Waals surface area contributed by atoms with Crippen molar-refractivity contribution in [3.63, 3.8) is 0 Å². The van der Waals surface area contributed by atoms with Crippen LogP contribution in [0.1, 0.15) is 11.1 Å². The number of benzene rings is 6. The summed E-state index contributed by atoms with van der Waals surface area (Å²) in [7, 11) is -20.1. The van der Waals surface area contributed by atoms with Gasteiger partial charge >= 0.3 is 0 Å². The van der Waals surface area contributed by atoms with E-state index < -0.39 is 82.9 Å². The van der Waals surface area contributed by atoms with Crippen molar-refractivity contribution < 1.29 is 62.1 Å². The standard InChI is InChI=1S/C34H26N6O14S4/c35-21-5-9-25-19(11-21)13-29(57(49,50)51)31(33(25)41)39-37-23-7-3-17(27(15-23)55(43,44)45)1-2-18-4-8-24(16-28(18)56(46,47)48)38-40-32-30(58(52,53)54)14-20-12-22(36)6-10-26(20)34(32)42/h1-16,41-42H,35-36H2,(H,43,44,45)(H,46,47,48)(H,49,50,51)(H,52,53,54)/b2-1+,39-37?,40-38?. The van der Waals surface area contributed by atoms with E-state index in [1.807, 2.05) is 0 Å². The monoisotopic (exact) mass is 870 g/mol. The first-order valence-electron chi connectivity index (χ1n) is 15.7. The summed E-state index contributed by atoms with van der Waals surface area (Å²) in [5, 5.41) is 37.0. The van der Waals surface area contributed by atoms with E-state index in [2.05, 4.69) is 20.5 Å². The van der Waals surface area contributed by atoms with Gasteiger partial charge in [0.1, 0.15) is 31.0 Å². The molecule has 10 N–H and O–H groups in total. The SMILES string of the molecule is Nc1ccc2c(O)c(N=Nc3ccc(/C=C/c4ccc(N=Nc5c(S(=O)(=O)O)cc6cc(N)ccc6c5O)cc4S(=O)(=O)O)c(S(=O)(=O)O)c3)c(S(=O)(=O)O)cc2c1. The van der Waals surface area contributed by atoms with Gasteiger partial charge in [-0.1, -0.05) is 24.3 Å². The van der Waals surface area contributed by atoms with Gasteiger partial charge in [0.05, 0.1) is 11.4 Å². The van der Waals surface area contributed by atoms with Gasteiger partial charge in [-0.3, -0.25) is 18.2 Å². The van der Waals surface area contributed by atoms with Crippen LogP contribution >= 0.6 is 0 Å². The lowest BCUT2D eigenvalue weighted by atomic mass is 10.1. The number of nitrogen functional groups attached to an aromatic ring is 2. The molecule has 0 bridgehead atoms. The second-order valence-electron chi connectivity index (χ2n) is 12.2. The zero-order chi connectivity index (χ0) is 42.5. The highest BCUT2D eigenvalue weighted by molar-refractivity contribution is 7.86. The minimum Gasteiger partial charge on any atom is -0.505 e. The number of azo groups is 2. The second-order valence-corrected chi connectivity index (χ2v) is 17.7. The van der Waals surface area contributed by atoms with Crippen LogP contribution in [0.3, 0.4) is 0 Å². The molecule has 0 aliphatic heterocycles. The first-order chi connectivity index (χ1) is 26.9. The van der Waals surface area contributed by atoms with Crippen molar-refractivity contribution in [2.24, 2.45) is 20.5 Å². The Morgan fingerprint density at radius 1 is 0.431 bits per heavy atom. The number of rotatable bonds is 10. The van der Waals surface area contributed by atoms with E-state index in [4.69, 9.17) is 11.5 Å². The van der Waals surface area contributed by atoms with Crippen molar-refractivity contribution in [1.82, 2.24) is 0 Å². The van der Waals surface area contributed by atoms with Crippen molar-refractivity contribution in [3.05, 3.63) is 96.1 Å². The lowest BCUT2D eigenvalue weighted by molar-refractivity contribution is 0.471. The molecular weight excluding hydrogens is 845 g/mol. The quantitative estimate of drug-likeness (QED) is 0.0313. The molecule has 0 amide bonds. The van der Waals surface area contributed by atoms with E-state index in [1.165, 1.54) is 36.4 Å². The molecule has 0 aliphatic rings. The molecule has 0 spiro atoms. The molecule has 0 atom stereocenters. The van der Waals surface area contributed by atoms with Crippen LogP contribution < -0.4 is 11.5 Å². The summed E-state index contributed by atoms with van der Waals surface area (Å²) < 4.78 is 138. The molecule has 6 aromatic rings. The smallest absolute Gasteiger partial charge is 0.296 e. The van der Waals surface area contributed by atoms with E-state index in [9.17, 15) is 62.1 Å². The van der Waals surface area contributed by atoms with E-state index in [-0.39, 0.29) is 55.4 Å². The Bertz CT molecular complexity index is 3060. The van der Waals surface area contributed by atoms with Crippen LogP contribution in [0, 0.1) is 0 Å². The highest BCUT2D eigenvalue weighted by atomic mass is 32.2. The predicted octanol–water partition coefficient (Wildman–Crippen LogP) is 6.56. The predicted molar refractivity (Wildman–Crippen MR) is 209 cm³/mol. The minimum absolute atomic E-state index is 0.0804. The largest absolute Gasteiger partial charge is 0.505 e. The van der Waals surface area contributed by atoms with Gasteiger partial charge in [0.25, 0.3) is 40.5 Å². The van der Waals surface area contributed by atoms with E-state index in [0.717, 1.165) is 60.7 Å². The van der Waals surface area contributed by atoms with Crippen LogP contribution in [0.25, 0.3) is 33.7 Å². The number of nitrogens with zero attached hydrogens (tertiary/aromatic N) is 4.